The Kier molecular flexibility index (Phi) is 44.0. The van der Waals surface area contributed by atoms with E-state index in [0.29, 0.717) is 68.4 Å². The predicted molar refractivity (Wildman–Crippen MR) is 513 cm³/mol. The molecule has 139 heavy (non-hydrogen) atoms. The van der Waals surface area contributed by atoms with Gasteiger partial charge in [0.1, 0.15) is 73.4 Å². The highest BCUT2D eigenvalue weighted by Gasteiger charge is 2.50. The summed E-state index contributed by atoms with van der Waals surface area (Å²) in [5, 5.41) is 53.3. The molecule has 5 aliphatic rings. The lowest BCUT2D eigenvalue weighted by Crippen LogP contribution is -2.61. The van der Waals surface area contributed by atoms with Gasteiger partial charge >= 0.3 is 36.1 Å². The second-order valence-electron chi connectivity index (χ2n) is 38.1. The summed E-state index contributed by atoms with van der Waals surface area (Å²) in [7, 11) is 0. The van der Waals surface area contributed by atoms with E-state index in [-0.39, 0.29) is 90.7 Å². The van der Waals surface area contributed by atoms with Gasteiger partial charge in [-0.3, -0.25) is 33.6 Å². The second-order valence-corrected chi connectivity index (χ2v) is 38.1. The standard InChI is InChI=1S/C105H143N9O25/c1-9-60-132-99(125)87(91(133-63-71-41-24-17-25-42-71)101(127)136-73-45-29-19-30-46-73)111-93(119)81(54-37-57-106-103(129)135-65-80-78-52-35-33-50-76(78)77-51-34-36-53-79(77)80)108-95(121)89-83(116)55-58-113(89)97(123)68(4)107-94(120)86(69(5)115)110-85(118)61-75(49-28-15-13-11-10-12-14-21-38-67(2)3)138-100(126)88(92(134-64-72-43-26-18-27-44-72)102(128)137-74-47-31-20-32-48-74)112-96(122)90-84(117)56-59-114(90)98(124)82(109-104(130)139-105(6,7)8)66-131-62-70-39-22-16-23-40-70/h9,16-18,22-27,33-36,39-44,50-53,67-69,73-75,80-84,86-92,115-117H,1,10-15,19-21,28-32,37-38,45-49,54-66H2,2-8H3,(H,106,129)(H,107,120)(H,108,121)(H,109,130)(H,110,118)(H,111,119)(H,112,122)/t68-,69-,75-,81+,82-,83+,84+,86-,87-,88+,89+,90+,91-,92+/m1/s1. The van der Waals surface area contributed by atoms with Crippen molar-refractivity contribution in [3.63, 3.8) is 0 Å². The number of aliphatic hydroxyl groups is 3. The van der Waals surface area contributed by atoms with Gasteiger partial charge in [0.25, 0.3) is 0 Å². The molecule has 10 N–H and O–H groups in total. The fraction of sp³-hybridized carbons (Fsp3) is 0.571. The van der Waals surface area contributed by atoms with Gasteiger partial charge in [0.05, 0.1) is 51.2 Å². The van der Waals surface area contributed by atoms with Gasteiger partial charge in [-0.15, -0.1) is 0 Å². The molecule has 34 nitrogen and oxygen atoms in total. The first-order chi connectivity index (χ1) is 66.8. The van der Waals surface area contributed by atoms with Gasteiger partial charge in [-0.1, -0.05) is 230 Å². The molecule has 14 atom stereocenters. The summed E-state index contributed by atoms with van der Waals surface area (Å²) in [6, 6.07) is 27.6. The minimum atomic E-state index is -2.15. The van der Waals surface area contributed by atoms with E-state index in [1.807, 2.05) is 54.6 Å². The third kappa shape index (κ3) is 34.4. The number of nitrogens with one attached hydrogen (secondary N) is 7. The molecule has 10 rings (SSSR count). The molecule has 4 fully saturated rings. The molecule has 2 saturated heterocycles. The van der Waals surface area contributed by atoms with E-state index in [2.05, 4.69) is 57.6 Å². The summed E-state index contributed by atoms with van der Waals surface area (Å²) in [4.78, 5) is 194. The number of esters is 4. The molecule has 2 heterocycles. The number of carbonyl (C=O) groups is 13. The summed E-state index contributed by atoms with van der Waals surface area (Å²) in [5.74, 6) is -11.4. The van der Waals surface area contributed by atoms with E-state index in [1.54, 1.807) is 106 Å². The minimum absolute atomic E-state index is 0.00747. The molecule has 0 unspecified atom stereocenters. The van der Waals surface area contributed by atoms with Crippen LogP contribution >= 0.6 is 0 Å². The van der Waals surface area contributed by atoms with Gasteiger partial charge in [0.2, 0.25) is 41.4 Å². The molecule has 9 amide bonds. The normalized spacial score (nSPS) is 18.8. The van der Waals surface area contributed by atoms with Crippen molar-refractivity contribution in [1.82, 2.24) is 47.0 Å². The lowest BCUT2D eigenvalue weighted by molar-refractivity contribution is -0.176. The first-order valence-corrected chi connectivity index (χ1v) is 49.4. The van der Waals surface area contributed by atoms with E-state index in [4.69, 9.17) is 42.6 Å². The van der Waals surface area contributed by atoms with Gasteiger partial charge in [-0.05, 0) is 169 Å². The molecule has 5 aromatic carbocycles. The largest absolute Gasteiger partial charge is 0.460 e. The van der Waals surface area contributed by atoms with Crippen LogP contribution in [0.3, 0.4) is 0 Å². The van der Waals surface area contributed by atoms with E-state index in [1.165, 1.54) is 19.9 Å². The Balaban J connectivity index is 0.876. The highest BCUT2D eigenvalue weighted by atomic mass is 16.6. The minimum Gasteiger partial charge on any atom is -0.460 e. The van der Waals surface area contributed by atoms with Crippen LogP contribution in [0.25, 0.3) is 11.1 Å². The Hall–Kier alpha value is -11.7. The van der Waals surface area contributed by atoms with Crippen LogP contribution in [0, 0.1) is 5.92 Å². The molecular weight excluding hydrogens is 1790 g/mol. The summed E-state index contributed by atoms with van der Waals surface area (Å²) < 4.78 is 53.9. The van der Waals surface area contributed by atoms with Gasteiger partial charge in [0.15, 0.2) is 24.3 Å². The Morgan fingerprint density at radius 3 is 1.47 bits per heavy atom. The molecule has 758 valence electrons. The van der Waals surface area contributed by atoms with Gasteiger partial charge in [0, 0.05) is 25.6 Å². The van der Waals surface area contributed by atoms with Crippen LogP contribution in [0.15, 0.2) is 152 Å². The second kappa shape index (κ2) is 55.9. The smallest absolute Gasteiger partial charge is 0.408 e. The van der Waals surface area contributed by atoms with Gasteiger partial charge < -0.3 is 105 Å². The number of fused-ring (bicyclic) bond motifs is 3. The molecule has 2 aliphatic heterocycles. The van der Waals surface area contributed by atoms with Crippen molar-refractivity contribution in [2.75, 3.05) is 39.5 Å². The first kappa shape index (κ1) is 109. The number of likely N-dealkylation sites (tertiary alicyclic amines) is 2. The van der Waals surface area contributed by atoms with Crippen LogP contribution < -0.4 is 37.2 Å². The van der Waals surface area contributed by atoms with Crippen molar-refractivity contribution >= 4 is 77.4 Å². The molecule has 3 aliphatic carbocycles. The van der Waals surface area contributed by atoms with Crippen LogP contribution in [-0.4, -0.2) is 245 Å². The number of hydrogen-bond acceptors (Lipinski definition) is 25. The van der Waals surface area contributed by atoms with Crippen LogP contribution in [0.5, 0.6) is 0 Å². The fourth-order valence-electron chi connectivity index (χ4n) is 18.1. The topological polar surface area (TPSA) is 456 Å². The quantitative estimate of drug-likeness (QED) is 0.00748. The SMILES string of the molecule is C=CCOC(=O)[C@H](NC(=O)[C@H](CCCNC(=O)OCC1c2ccccc2-c2ccccc21)NC(=O)[C@@H]1[C@@H](O)CCN1C(=O)[C@@H](C)NC(=O)[C@H](NC(=O)C[C@@H](CCCCCCCCCCC(C)C)OC(=O)[C@@H](NC(=O)[C@@H]1[C@@H](O)CCN1C(=O)[C@@H](COCc1ccccc1)NC(=O)OC(C)(C)C)[C@H](OCc1ccccc1)C(=O)OC1CCCCC1)[C@@H](C)O)[C@@H](OCc1ccccc1)C(=O)OC1CCCCC1. The summed E-state index contributed by atoms with van der Waals surface area (Å²) in [5.41, 5.74) is 4.83. The number of amides is 9. The molecule has 0 aromatic heterocycles. The third-order valence-electron chi connectivity index (χ3n) is 25.4. The molecule has 34 heteroatoms. The zero-order valence-electron chi connectivity index (χ0n) is 81.2. The number of rotatable bonds is 53. The van der Waals surface area contributed by atoms with E-state index >= 15 is 24.0 Å². The lowest BCUT2D eigenvalue weighted by Gasteiger charge is -2.33. The number of ether oxygens (including phenoxy) is 9. The maximum Gasteiger partial charge on any atom is 0.408 e. The number of alkyl carbamates (subject to hydrolysis) is 2. The Bertz CT molecular complexity index is 4770. The molecule has 0 bridgehead atoms. The maximum absolute atomic E-state index is 15.7. The van der Waals surface area contributed by atoms with Crippen molar-refractivity contribution in [3.05, 3.63) is 180 Å². The summed E-state index contributed by atoms with van der Waals surface area (Å²) in [6.45, 7) is 13.3. The number of aliphatic hydroxyl groups excluding tert-OH is 3. The number of unbranched alkanes of at least 4 members (excludes halogenated alkanes) is 7. The highest BCUT2D eigenvalue weighted by molar-refractivity contribution is 5.99. The van der Waals surface area contributed by atoms with Crippen molar-refractivity contribution in [1.29, 1.82) is 0 Å². The number of carbonyl (C=O) groups excluding carboxylic acids is 13. The Morgan fingerprint density at radius 1 is 0.475 bits per heavy atom. The summed E-state index contributed by atoms with van der Waals surface area (Å²) in [6.07, 6.45) is 1.23. The molecular formula is C105H143N9O25. The van der Waals surface area contributed by atoms with E-state index in [0.717, 1.165) is 108 Å². The highest BCUT2D eigenvalue weighted by Crippen LogP contribution is 2.45. The molecule has 0 spiro atoms. The van der Waals surface area contributed by atoms with Crippen molar-refractivity contribution in [3.8, 4) is 11.1 Å². The zero-order chi connectivity index (χ0) is 99.9. The van der Waals surface area contributed by atoms with Crippen LogP contribution in [0.2, 0.25) is 0 Å². The molecule has 2 saturated carbocycles. The maximum atomic E-state index is 15.7. The van der Waals surface area contributed by atoms with Crippen molar-refractivity contribution in [2.24, 2.45) is 5.92 Å². The first-order valence-electron chi connectivity index (χ1n) is 49.4. The van der Waals surface area contributed by atoms with Crippen molar-refractivity contribution < 1.29 is 120 Å². The number of nitrogens with zero attached hydrogens (tertiary/aromatic N) is 2. The van der Waals surface area contributed by atoms with Gasteiger partial charge in [-0.2, -0.15) is 0 Å². The number of hydrogen-bond donors (Lipinski definition) is 10. The summed E-state index contributed by atoms with van der Waals surface area (Å²) >= 11 is 0. The fourth-order valence-corrected chi connectivity index (χ4v) is 18.1. The average Bonchev–Trinajstić information content (AvgIpc) is 1.62. The molecule has 5 aromatic rings. The van der Waals surface area contributed by atoms with Crippen LogP contribution in [0.4, 0.5) is 9.59 Å². The monoisotopic (exact) mass is 1930 g/mol. The number of benzene rings is 5. The Morgan fingerprint density at radius 2 is 0.957 bits per heavy atom. The van der Waals surface area contributed by atoms with Crippen molar-refractivity contribution in [2.45, 2.75) is 337 Å². The zero-order valence-corrected chi connectivity index (χ0v) is 81.2. The van der Waals surface area contributed by atoms with E-state index < -0.39 is 193 Å². The van der Waals surface area contributed by atoms with Gasteiger partial charge in [-0.25, -0.2) is 28.8 Å². The average molecular weight is 1930 g/mol. The van der Waals surface area contributed by atoms with Crippen LogP contribution in [-0.2, 0) is 115 Å². The molecule has 0 radical (unpaired) electrons. The third-order valence-corrected chi connectivity index (χ3v) is 25.4. The predicted octanol–water partition coefficient (Wildman–Crippen LogP) is 10.7. The Labute approximate surface area is 814 Å². The van der Waals surface area contributed by atoms with Crippen LogP contribution in [0.1, 0.15) is 243 Å². The lowest BCUT2D eigenvalue weighted by atomic mass is 9.97. The van der Waals surface area contributed by atoms with E-state index in [9.17, 15) is 53.7 Å².